The molecule has 1 saturated heterocycles. The first-order valence-corrected chi connectivity index (χ1v) is 9.40. The highest BCUT2D eigenvalue weighted by Crippen LogP contribution is 2.42. The first-order valence-electron chi connectivity index (χ1n) is 9.40. The van der Waals surface area contributed by atoms with Crippen LogP contribution >= 0.6 is 0 Å². The summed E-state index contributed by atoms with van der Waals surface area (Å²) in [5.41, 5.74) is 2.80. The molecule has 2 aromatic rings. The Balaban J connectivity index is 1.71. The van der Waals surface area contributed by atoms with Crippen molar-refractivity contribution in [1.29, 1.82) is 0 Å². The molecule has 3 rings (SSSR count). The van der Waals surface area contributed by atoms with Crippen LogP contribution in [0, 0.1) is 12.8 Å². The minimum absolute atomic E-state index is 0.116. The zero-order valence-corrected chi connectivity index (χ0v) is 17.2. The fraction of sp³-hybridized carbons (Fsp3) is 0.364. The van der Waals surface area contributed by atoms with E-state index in [-0.39, 0.29) is 18.2 Å². The predicted octanol–water partition coefficient (Wildman–Crippen LogP) is 2.69. The van der Waals surface area contributed by atoms with Crippen LogP contribution in [0.3, 0.4) is 0 Å². The Bertz CT molecular complexity index is 870. The normalized spacial score (nSPS) is 15.9. The quantitative estimate of drug-likeness (QED) is 0.776. The number of carbonyl (C=O) groups excluding carboxylic acids is 2. The summed E-state index contributed by atoms with van der Waals surface area (Å²) < 4.78 is 16.1. The molecule has 1 atom stereocenters. The van der Waals surface area contributed by atoms with Gasteiger partial charge in [0.15, 0.2) is 11.5 Å². The molecule has 0 aliphatic carbocycles. The molecule has 0 bridgehead atoms. The number of benzene rings is 2. The summed E-state index contributed by atoms with van der Waals surface area (Å²) in [5, 5.41) is 2.93. The van der Waals surface area contributed by atoms with Crippen LogP contribution in [0.1, 0.15) is 17.5 Å². The van der Waals surface area contributed by atoms with Crippen molar-refractivity contribution in [2.45, 2.75) is 19.9 Å². The number of amides is 2. The molecule has 0 spiro atoms. The van der Waals surface area contributed by atoms with Crippen molar-refractivity contribution in [3.05, 3.63) is 47.5 Å². The average Bonchev–Trinajstić information content (AvgIpc) is 3.13. The van der Waals surface area contributed by atoms with Gasteiger partial charge in [-0.2, -0.15) is 0 Å². The van der Waals surface area contributed by atoms with E-state index in [4.69, 9.17) is 14.2 Å². The molecule has 2 aromatic carbocycles. The number of nitrogens with zero attached hydrogens (tertiary/aromatic N) is 1. The van der Waals surface area contributed by atoms with Crippen LogP contribution < -0.4 is 24.4 Å². The molecule has 2 amide bonds. The van der Waals surface area contributed by atoms with E-state index >= 15 is 0 Å². The summed E-state index contributed by atoms with van der Waals surface area (Å²) in [4.78, 5) is 26.8. The molecule has 1 N–H and O–H groups in total. The number of aryl methyl sites for hydroxylation is 1. The van der Waals surface area contributed by atoms with Gasteiger partial charge < -0.3 is 24.4 Å². The van der Waals surface area contributed by atoms with Crippen molar-refractivity contribution in [2.24, 2.45) is 5.92 Å². The van der Waals surface area contributed by atoms with Gasteiger partial charge in [-0.25, -0.2) is 0 Å². The van der Waals surface area contributed by atoms with Crippen molar-refractivity contribution in [3.63, 3.8) is 0 Å². The van der Waals surface area contributed by atoms with E-state index in [2.05, 4.69) is 5.32 Å². The molecule has 0 radical (unpaired) electrons. The van der Waals surface area contributed by atoms with Crippen LogP contribution in [0.25, 0.3) is 0 Å². The monoisotopic (exact) mass is 398 g/mol. The fourth-order valence-corrected chi connectivity index (χ4v) is 3.40. The lowest BCUT2D eigenvalue weighted by atomic mass is 10.1. The maximum atomic E-state index is 12.6. The van der Waals surface area contributed by atoms with Crippen LogP contribution in [0.15, 0.2) is 36.4 Å². The van der Waals surface area contributed by atoms with Crippen molar-refractivity contribution >= 4 is 17.5 Å². The largest absolute Gasteiger partial charge is 0.493 e. The van der Waals surface area contributed by atoms with Crippen LogP contribution in [-0.2, 0) is 16.1 Å². The number of carbonyl (C=O) groups is 2. The summed E-state index contributed by atoms with van der Waals surface area (Å²) in [7, 11) is 4.57. The highest BCUT2D eigenvalue weighted by molar-refractivity contribution is 6.00. The molecule has 1 aliphatic heterocycles. The van der Waals surface area contributed by atoms with Gasteiger partial charge in [0.25, 0.3) is 0 Å². The number of rotatable bonds is 7. The third-order valence-electron chi connectivity index (χ3n) is 5.04. The van der Waals surface area contributed by atoms with Crippen molar-refractivity contribution in [2.75, 3.05) is 32.8 Å². The summed E-state index contributed by atoms with van der Waals surface area (Å²) >= 11 is 0. The minimum Gasteiger partial charge on any atom is -0.493 e. The van der Waals surface area contributed by atoms with E-state index in [9.17, 15) is 9.59 Å². The van der Waals surface area contributed by atoms with Crippen LogP contribution in [0.2, 0.25) is 0 Å². The number of hydrogen-bond acceptors (Lipinski definition) is 5. The summed E-state index contributed by atoms with van der Waals surface area (Å²) in [5.74, 6) is 0.720. The van der Waals surface area contributed by atoms with Crippen molar-refractivity contribution in [1.82, 2.24) is 5.32 Å². The third kappa shape index (κ3) is 4.45. The molecular weight excluding hydrogens is 372 g/mol. The number of hydrogen-bond donors (Lipinski definition) is 1. The Morgan fingerprint density at radius 2 is 1.69 bits per heavy atom. The molecule has 0 saturated carbocycles. The molecule has 1 fully saturated rings. The molecule has 29 heavy (non-hydrogen) atoms. The lowest BCUT2D eigenvalue weighted by Gasteiger charge is -2.20. The second kappa shape index (κ2) is 8.86. The molecule has 7 heteroatoms. The molecule has 0 aromatic heterocycles. The third-order valence-corrected chi connectivity index (χ3v) is 5.04. The van der Waals surface area contributed by atoms with E-state index in [0.717, 1.165) is 5.56 Å². The van der Waals surface area contributed by atoms with Crippen LogP contribution in [-0.4, -0.2) is 39.7 Å². The van der Waals surface area contributed by atoms with E-state index in [1.807, 2.05) is 31.2 Å². The Morgan fingerprint density at radius 1 is 1.07 bits per heavy atom. The van der Waals surface area contributed by atoms with Gasteiger partial charge in [0.2, 0.25) is 17.6 Å². The Labute approximate surface area is 170 Å². The zero-order chi connectivity index (χ0) is 21.0. The molecule has 1 heterocycles. The Kier molecular flexibility index (Phi) is 6.26. The molecule has 154 valence electrons. The summed E-state index contributed by atoms with van der Waals surface area (Å²) in [6.07, 6.45) is 0.163. The van der Waals surface area contributed by atoms with E-state index in [1.54, 1.807) is 17.0 Å². The second-order valence-corrected chi connectivity index (χ2v) is 6.99. The van der Waals surface area contributed by atoms with E-state index in [0.29, 0.717) is 36.0 Å². The van der Waals surface area contributed by atoms with Gasteiger partial charge in [-0.1, -0.05) is 29.8 Å². The maximum Gasteiger partial charge on any atom is 0.227 e. The number of anilines is 1. The Hall–Kier alpha value is -3.22. The highest BCUT2D eigenvalue weighted by atomic mass is 16.5. The highest BCUT2D eigenvalue weighted by Gasteiger charge is 2.35. The fourth-order valence-electron chi connectivity index (χ4n) is 3.40. The van der Waals surface area contributed by atoms with E-state index < -0.39 is 5.92 Å². The zero-order valence-electron chi connectivity index (χ0n) is 17.2. The first kappa shape index (κ1) is 20.5. The molecule has 1 unspecified atom stereocenters. The first-order chi connectivity index (χ1) is 14.0. The van der Waals surface area contributed by atoms with Crippen LogP contribution in [0.5, 0.6) is 17.2 Å². The predicted molar refractivity (Wildman–Crippen MR) is 110 cm³/mol. The number of nitrogens with one attached hydrogen (secondary N) is 1. The summed E-state index contributed by atoms with van der Waals surface area (Å²) in [6.45, 7) is 2.76. The van der Waals surface area contributed by atoms with Gasteiger partial charge in [-0.15, -0.1) is 0 Å². The molecule has 1 aliphatic rings. The topological polar surface area (TPSA) is 77.1 Å². The number of ether oxygens (including phenoxy) is 3. The summed E-state index contributed by atoms with van der Waals surface area (Å²) in [6, 6.07) is 11.4. The van der Waals surface area contributed by atoms with E-state index in [1.165, 1.54) is 26.9 Å². The SMILES string of the molecule is COc1cc(N2CC(C(=O)NCc3ccc(C)cc3)CC2=O)cc(OC)c1OC. The average molecular weight is 398 g/mol. The van der Waals surface area contributed by atoms with Gasteiger partial charge in [0.05, 0.1) is 32.9 Å². The van der Waals surface area contributed by atoms with Crippen molar-refractivity contribution < 1.29 is 23.8 Å². The maximum absolute atomic E-state index is 12.6. The standard InChI is InChI=1S/C22H26N2O5/c1-14-5-7-15(8-6-14)12-23-22(26)16-9-20(25)24(13-16)17-10-18(27-2)21(29-4)19(11-17)28-3/h5-8,10-11,16H,9,12-13H2,1-4H3,(H,23,26). The smallest absolute Gasteiger partial charge is 0.227 e. The molecule has 7 nitrogen and oxygen atoms in total. The van der Waals surface area contributed by atoms with Gasteiger partial charge in [0.1, 0.15) is 0 Å². The number of methoxy groups -OCH3 is 3. The second-order valence-electron chi connectivity index (χ2n) is 6.99. The van der Waals surface area contributed by atoms with Crippen molar-refractivity contribution in [3.8, 4) is 17.2 Å². The minimum atomic E-state index is -0.410. The van der Waals surface area contributed by atoms with Gasteiger partial charge >= 0.3 is 0 Å². The molecular formula is C22H26N2O5. The lowest BCUT2D eigenvalue weighted by molar-refractivity contribution is -0.126. The van der Waals surface area contributed by atoms with Gasteiger partial charge in [0, 0.05) is 31.6 Å². The van der Waals surface area contributed by atoms with Gasteiger partial charge in [-0.05, 0) is 12.5 Å². The van der Waals surface area contributed by atoms with Crippen LogP contribution in [0.4, 0.5) is 5.69 Å². The Morgan fingerprint density at radius 3 is 2.24 bits per heavy atom. The lowest BCUT2D eigenvalue weighted by Crippen LogP contribution is -2.32. The van der Waals surface area contributed by atoms with Gasteiger partial charge in [-0.3, -0.25) is 9.59 Å².